The van der Waals surface area contributed by atoms with Gasteiger partial charge in [-0.2, -0.15) is 0 Å². The number of aliphatic hydroxyl groups excluding tert-OH is 1. The van der Waals surface area contributed by atoms with E-state index in [0.717, 1.165) is 11.3 Å². The molecule has 18 heteroatoms. The number of fused-ring (bicyclic) bond motifs is 1. The molecule has 3 aromatic rings. The van der Waals surface area contributed by atoms with Crippen molar-refractivity contribution in [2.75, 3.05) is 33.0 Å². The van der Waals surface area contributed by atoms with Crippen LogP contribution in [0.5, 0.6) is 0 Å². The number of anilines is 1. The predicted molar refractivity (Wildman–Crippen MR) is 261 cm³/mol. The first kappa shape index (κ1) is 54.1. The van der Waals surface area contributed by atoms with Gasteiger partial charge in [0, 0.05) is 74.7 Å². The number of imidazole rings is 1. The molecule has 0 aromatic carbocycles. The molecule has 3 saturated heterocycles. The number of aryl methyl sites for hydroxylation is 1. The lowest BCUT2D eigenvalue weighted by atomic mass is 9.73. The van der Waals surface area contributed by atoms with Crippen LogP contribution in [0.3, 0.4) is 0 Å². The Hall–Kier alpha value is -5.27. The van der Waals surface area contributed by atoms with Gasteiger partial charge < -0.3 is 48.7 Å². The number of aromatic nitrogens is 4. The van der Waals surface area contributed by atoms with Crippen LogP contribution in [0.15, 0.2) is 67.9 Å². The number of amides is 1. The van der Waals surface area contributed by atoms with Gasteiger partial charge in [0.2, 0.25) is 0 Å². The molecule has 14 atom stereocenters. The Balaban J connectivity index is 1.34. The highest BCUT2D eigenvalue weighted by Gasteiger charge is 2.60. The first-order valence-corrected chi connectivity index (χ1v) is 24.7. The van der Waals surface area contributed by atoms with Crippen LogP contribution in [0.1, 0.15) is 93.2 Å². The molecule has 3 fully saturated rings. The van der Waals surface area contributed by atoms with Crippen molar-refractivity contribution in [1.29, 1.82) is 0 Å². The second kappa shape index (κ2) is 23.3. The molecule has 0 radical (unpaired) electrons. The van der Waals surface area contributed by atoms with E-state index < -0.39 is 89.7 Å². The standard InChI is InChI=1S/C52H75N7O11/c1-12-22-57(10)39-25-32(4)66-49(44(39)62)69-47-34(6)45(68-42(60)26-37-18-14-15-21-54-37)35(7)48(63)67-40(13-2)52(9)46(33(5)43(61)31(3)27-51(47,8)65-11)59(50(64)70-52)24-17-16-23-58-29-38(56-30-58)36-19-20-41(53)55-28-36/h12,14-15,18-21,28-35,39-40,44-47,49,62H,1,13,16-17,22-27H2,2-11H3,(H2,53,55)/t31-,32-,33+,34+,35-,39+,40-,44-,45+,46+,47-,49+,51-,52-/m1/s1. The molecule has 0 aliphatic carbocycles. The van der Waals surface area contributed by atoms with Gasteiger partial charge in [-0.15, -0.1) is 6.58 Å². The summed E-state index contributed by atoms with van der Waals surface area (Å²) in [6.07, 6.45) is 4.05. The molecule has 0 bridgehead atoms. The average Bonchev–Trinajstić information content (AvgIpc) is 3.91. The van der Waals surface area contributed by atoms with E-state index in [4.69, 9.17) is 34.2 Å². The van der Waals surface area contributed by atoms with Crippen molar-refractivity contribution in [3.8, 4) is 11.3 Å². The number of likely N-dealkylation sites (N-methyl/N-ethyl adjacent to an activating group) is 1. The van der Waals surface area contributed by atoms with E-state index >= 15 is 4.79 Å². The van der Waals surface area contributed by atoms with E-state index in [1.807, 2.05) is 56.5 Å². The van der Waals surface area contributed by atoms with Crippen LogP contribution in [0, 0.1) is 23.7 Å². The molecule has 6 rings (SSSR count). The molecule has 70 heavy (non-hydrogen) atoms. The van der Waals surface area contributed by atoms with Crippen molar-refractivity contribution in [3.05, 3.63) is 73.6 Å². The fraction of sp³-hybridized carbons (Fsp3) is 0.635. The summed E-state index contributed by atoms with van der Waals surface area (Å²) >= 11 is 0. The normalized spacial score (nSPS) is 33.3. The summed E-state index contributed by atoms with van der Waals surface area (Å²) < 4.78 is 40.7. The number of hydrogen-bond acceptors (Lipinski definition) is 16. The molecular weight excluding hydrogens is 899 g/mol. The molecule has 384 valence electrons. The Morgan fingerprint density at radius 2 is 1.79 bits per heavy atom. The molecule has 6 heterocycles. The molecule has 3 aromatic heterocycles. The highest BCUT2D eigenvalue weighted by atomic mass is 16.7. The van der Waals surface area contributed by atoms with Crippen molar-refractivity contribution in [1.82, 2.24) is 29.3 Å². The maximum absolute atomic E-state index is 15.1. The smallest absolute Gasteiger partial charge is 0.410 e. The van der Waals surface area contributed by atoms with Crippen LogP contribution >= 0.6 is 0 Å². The number of rotatable bonds is 16. The third-order valence-corrected chi connectivity index (χ3v) is 14.8. The van der Waals surface area contributed by atoms with Gasteiger partial charge in [-0.25, -0.2) is 14.8 Å². The van der Waals surface area contributed by atoms with Crippen molar-refractivity contribution in [2.45, 2.75) is 161 Å². The summed E-state index contributed by atoms with van der Waals surface area (Å²) in [7, 11) is 3.41. The van der Waals surface area contributed by atoms with Crippen molar-refractivity contribution in [2.24, 2.45) is 23.7 Å². The number of carbonyl (C=O) groups excluding carboxylic acids is 4. The van der Waals surface area contributed by atoms with E-state index in [1.54, 1.807) is 81.7 Å². The van der Waals surface area contributed by atoms with Gasteiger partial charge in [0.1, 0.15) is 29.9 Å². The van der Waals surface area contributed by atoms with E-state index in [2.05, 4.69) is 21.5 Å². The van der Waals surface area contributed by atoms with Crippen molar-refractivity contribution >= 4 is 29.6 Å². The van der Waals surface area contributed by atoms with E-state index in [9.17, 15) is 19.5 Å². The van der Waals surface area contributed by atoms with Gasteiger partial charge >= 0.3 is 18.0 Å². The zero-order valence-corrected chi connectivity index (χ0v) is 42.6. The van der Waals surface area contributed by atoms with E-state index in [-0.39, 0.29) is 43.7 Å². The second-order valence-electron chi connectivity index (χ2n) is 20.0. The lowest BCUT2D eigenvalue weighted by molar-refractivity contribution is -0.302. The van der Waals surface area contributed by atoms with Crippen LogP contribution in [0.25, 0.3) is 11.3 Å². The number of nitrogen functional groups attached to an aromatic ring is 1. The molecule has 3 N–H and O–H groups in total. The van der Waals surface area contributed by atoms with Crippen LogP contribution in [-0.2, 0) is 55.8 Å². The van der Waals surface area contributed by atoms with Gasteiger partial charge in [-0.3, -0.25) is 24.3 Å². The van der Waals surface area contributed by atoms with Crippen molar-refractivity contribution < 1.29 is 52.7 Å². The fourth-order valence-electron chi connectivity index (χ4n) is 10.9. The first-order valence-electron chi connectivity index (χ1n) is 24.7. The van der Waals surface area contributed by atoms with Crippen LogP contribution in [0.2, 0.25) is 0 Å². The molecule has 18 nitrogen and oxygen atoms in total. The summed E-state index contributed by atoms with van der Waals surface area (Å²) in [6, 6.07) is 7.59. The average molecular weight is 974 g/mol. The highest BCUT2D eigenvalue weighted by Crippen LogP contribution is 2.44. The van der Waals surface area contributed by atoms with E-state index in [0.29, 0.717) is 43.9 Å². The molecule has 0 unspecified atom stereocenters. The summed E-state index contributed by atoms with van der Waals surface area (Å²) in [5, 5.41) is 11.9. The third-order valence-electron chi connectivity index (χ3n) is 14.8. The van der Waals surface area contributed by atoms with Gasteiger partial charge in [0.25, 0.3) is 0 Å². The summed E-state index contributed by atoms with van der Waals surface area (Å²) in [4.78, 5) is 74.6. The zero-order chi connectivity index (χ0) is 51.1. The number of carbonyl (C=O) groups is 4. The van der Waals surface area contributed by atoms with Crippen molar-refractivity contribution in [3.63, 3.8) is 0 Å². The van der Waals surface area contributed by atoms with Gasteiger partial charge in [-0.1, -0.05) is 39.8 Å². The van der Waals surface area contributed by atoms with Crippen LogP contribution in [-0.4, -0.2) is 146 Å². The summed E-state index contributed by atoms with van der Waals surface area (Å²) in [6.45, 7) is 19.6. The van der Waals surface area contributed by atoms with Crippen LogP contribution < -0.4 is 5.73 Å². The number of pyridine rings is 2. The Labute approximate surface area is 412 Å². The number of unbranched alkanes of at least 4 members (excludes halogenated alkanes) is 1. The summed E-state index contributed by atoms with van der Waals surface area (Å²) in [5.41, 5.74) is 5.05. The minimum atomic E-state index is -1.46. The molecule has 0 spiro atoms. The first-order chi connectivity index (χ1) is 33.2. The Morgan fingerprint density at radius 3 is 2.44 bits per heavy atom. The topological polar surface area (TPSA) is 220 Å². The number of esters is 2. The number of ketones is 1. The van der Waals surface area contributed by atoms with E-state index in [1.165, 1.54) is 7.11 Å². The number of nitrogens with zero attached hydrogens (tertiary/aromatic N) is 6. The molecule has 1 amide bonds. The number of hydrogen-bond donors (Lipinski definition) is 2. The Morgan fingerprint density at radius 1 is 1.04 bits per heavy atom. The maximum Gasteiger partial charge on any atom is 0.410 e. The maximum atomic E-state index is 15.1. The summed E-state index contributed by atoms with van der Waals surface area (Å²) in [5.74, 6) is -4.55. The molecule has 3 aliphatic rings. The molecule has 0 saturated carbocycles. The minimum Gasteiger partial charge on any atom is -0.461 e. The number of Topliss-reactive ketones (excluding diaryl/α,β-unsaturated/α-hetero) is 1. The number of nitrogens with two attached hydrogens (primary N) is 1. The number of ether oxygens (including phenoxy) is 6. The molecule has 3 aliphatic heterocycles. The SMILES string of the molecule is C=CCN(C)[C@H]1C[C@@H](C)O[C@@H](O[C@@H]2[C@@H](C)[C@H](OC(=O)Cc3ccccn3)[C@@H](C)C(=O)O[C@H](CC)[C@@]3(C)OC(=O)N(CCCCn4cnc(-c5ccc(N)nc5)c4)[C@H]3[C@@H](C)C(=O)[C@H](C)C[C@@]2(C)OC)[C@@H]1O. The van der Waals surface area contributed by atoms with Crippen LogP contribution in [0.4, 0.5) is 10.6 Å². The fourth-order valence-corrected chi connectivity index (χ4v) is 10.9. The monoisotopic (exact) mass is 974 g/mol. The Bertz CT molecular complexity index is 2250. The zero-order valence-electron chi connectivity index (χ0n) is 42.6. The Kier molecular flexibility index (Phi) is 18.0. The molecular formula is C52H75N7O11. The predicted octanol–water partition coefficient (Wildman–Crippen LogP) is 6.05. The minimum absolute atomic E-state index is 0.0992. The quantitative estimate of drug-likeness (QED) is 0.0722. The number of methoxy groups -OCH3 is 1. The lowest BCUT2D eigenvalue weighted by Gasteiger charge is -2.48. The third kappa shape index (κ3) is 12.1. The van der Waals surface area contributed by atoms with Gasteiger partial charge in [0.15, 0.2) is 11.9 Å². The second-order valence-corrected chi connectivity index (χ2v) is 20.0. The largest absolute Gasteiger partial charge is 0.461 e. The van der Waals surface area contributed by atoms with Gasteiger partial charge in [-0.05, 0) is 91.1 Å². The lowest BCUT2D eigenvalue weighted by Crippen LogP contribution is -2.61. The van der Waals surface area contributed by atoms with Gasteiger partial charge in [0.05, 0.1) is 53.9 Å². The number of aliphatic hydroxyl groups is 1. The number of cyclic esters (lactones) is 1. The highest BCUT2D eigenvalue weighted by molar-refractivity contribution is 5.85.